The number of hydrogen-bond donors (Lipinski definition) is 1. The molecule has 0 saturated carbocycles. The predicted molar refractivity (Wildman–Crippen MR) is 130 cm³/mol. The minimum atomic E-state index is -0.360. The van der Waals surface area contributed by atoms with E-state index in [1.54, 1.807) is 6.07 Å². The molecule has 32 heavy (non-hydrogen) atoms. The van der Waals surface area contributed by atoms with Crippen LogP contribution in [0.1, 0.15) is 11.3 Å². The number of hydrogen-bond acceptors (Lipinski definition) is 4. The molecule has 0 aliphatic carbocycles. The molecule has 0 bridgehead atoms. The molecule has 1 amide bonds. The van der Waals surface area contributed by atoms with Crippen LogP contribution in [0, 0.1) is 6.92 Å². The summed E-state index contributed by atoms with van der Waals surface area (Å²) in [5.41, 5.74) is 6.76. The van der Waals surface area contributed by atoms with Crippen molar-refractivity contribution in [1.82, 2.24) is 5.43 Å². The van der Waals surface area contributed by atoms with Gasteiger partial charge >= 0.3 is 0 Å². The van der Waals surface area contributed by atoms with Gasteiger partial charge in [0.2, 0.25) is 0 Å². The van der Waals surface area contributed by atoms with Gasteiger partial charge in [-0.3, -0.25) is 4.79 Å². The number of carbonyl (C=O) groups is 1. The SMILES string of the molecule is Cc1ccc(-c2ccc(/C=N/NC(=O)COc3ccc(-c4ccccc4)cc3)o2)c(Br)c1. The molecule has 1 N–H and O–H groups in total. The Kier molecular flexibility index (Phi) is 6.82. The lowest BCUT2D eigenvalue weighted by Crippen LogP contribution is -2.24. The Hall–Kier alpha value is -3.64. The Balaban J connectivity index is 1.27. The average Bonchev–Trinajstić information content (AvgIpc) is 3.27. The van der Waals surface area contributed by atoms with Crippen LogP contribution in [0.2, 0.25) is 0 Å². The van der Waals surface area contributed by atoms with Crippen molar-refractivity contribution in [2.24, 2.45) is 5.10 Å². The van der Waals surface area contributed by atoms with Gasteiger partial charge in [0.1, 0.15) is 17.3 Å². The van der Waals surface area contributed by atoms with Crippen molar-refractivity contribution in [3.63, 3.8) is 0 Å². The molecule has 6 heteroatoms. The van der Waals surface area contributed by atoms with E-state index in [1.165, 1.54) is 6.21 Å². The van der Waals surface area contributed by atoms with Gasteiger partial charge in [0.15, 0.2) is 6.61 Å². The molecule has 0 saturated heterocycles. The van der Waals surface area contributed by atoms with Gasteiger partial charge in [0.05, 0.1) is 6.21 Å². The molecule has 0 fully saturated rings. The zero-order valence-corrected chi connectivity index (χ0v) is 19.0. The smallest absolute Gasteiger partial charge is 0.277 e. The first-order chi connectivity index (χ1) is 15.6. The molecule has 0 atom stereocenters. The molecule has 4 rings (SSSR count). The summed E-state index contributed by atoms with van der Waals surface area (Å²) in [5, 5.41) is 3.94. The monoisotopic (exact) mass is 488 g/mol. The molecule has 5 nitrogen and oxygen atoms in total. The first kappa shape index (κ1) is 21.6. The maximum absolute atomic E-state index is 12.0. The van der Waals surface area contributed by atoms with Crippen molar-refractivity contribution in [3.8, 4) is 28.2 Å². The molecular formula is C26H21BrN2O3. The highest BCUT2D eigenvalue weighted by Crippen LogP contribution is 2.30. The molecule has 0 aliphatic rings. The zero-order chi connectivity index (χ0) is 22.3. The van der Waals surface area contributed by atoms with Crippen LogP contribution in [0.3, 0.4) is 0 Å². The van der Waals surface area contributed by atoms with Crippen LogP contribution >= 0.6 is 15.9 Å². The van der Waals surface area contributed by atoms with Gasteiger partial charge in [-0.2, -0.15) is 5.10 Å². The molecular weight excluding hydrogens is 468 g/mol. The molecule has 0 unspecified atom stereocenters. The maximum Gasteiger partial charge on any atom is 0.277 e. The number of nitrogens with zero attached hydrogens (tertiary/aromatic N) is 1. The first-order valence-electron chi connectivity index (χ1n) is 10.0. The van der Waals surface area contributed by atoms with E-state index < -0.39 is 0 Å². The quantitative estimate of drug-likeness (QED) is 0.248. The number of aryl methyl sites for hydroxylation is 1. The second-order valence-electron chi connectivity index (χ2n) is 7.16. The number of furan rings is 1. The lowest BCUT2D eigenvalue weighted by molar-refractivity contribution is -0.123. The van der Waals surface area contributed by atoms with Gasteiger partial charge < -0.3 is 9.15 Å². The Morgan fingerprint density at radius 3 is 2.50 bits per heavy atom. The number of nitrogens with one attached hydrogen (secondary N) is 1. The van der Waals surface area contributed by atoms with Gasteiger partial charge in [0.25, 0.3) is 5.91 Å². The van der Waals surface area contributed by atoms with E-state index in [9.17, 15) is 4.79 Å². The fourth-order valence-electron chi connectivity index (χ4n) is 3.11. The summed E-state index contributed by atoms with van der Waals surface area (Å²) in [4.78, 5) is 12.0. The van der Waals surface area contributed by atoms with Crippen molar-refractivity contribution in [3.05, 3.63) is 101 Å². The Labute approximate surface area is 194 Å². The highest BCUT2D eigenvalue weighted by Gasteiger charge is 2.08. The summed E-state index contributed by atoms with van der Waals surface area (Å²) in [6.07, 6.45) is 1.46. The second-order valence-corrected chi connectivity index (χ2v) is 8.01. The number of carbonyl (C=O) groups excluding carboxylic acids is 1. The number of ether oxygens (including phenoxy) is 1. The van der Waals surface area contributed by atoms with Crippen molar-refractivity contribution in [2.75, 3.05) is 6.61 Å². The fourth-order valence-corrected chi connectivity index (χ4v) is 3.80. The first-order valence-corrected chi connectivity index (χ1v) is 10.8. The summed E-state index contributed by atoms with van der Waals surface area (Å²) < 4.78 is 12.3. The second kappa shape index (κ2) is 10.1. The average molecular weight is 489 g/mol. The number of amides is 1. The minimum Gasteiger partial charge on any atom is -0.484 e. The van der Waals surface area contributed by atoms with Crippen LogP contribution in [-0.4, -0.2) is 18.7 Å². The fraction of sp³-hybridized carbons (Fsp3) is 0.0769. The third-order valence-corrected chi connectivity index (χ3v) is 5.39. The van der Waals surface area contributed by atoms with Crippen LogP contribution < -0.4 is 10.2 Å². The van der Waals surface area contributed by atoms with Gasteiger partial charge in [-0.1, -0.05) is 64.5 Å². The largest absolute Gasteiger partial charge is 0.484 e. The van der Waals surface area contributed by atoms with Crippen molar-refractivity contribution < 1.29 is 13.9 Å². The highest BCUT2D eigenvalue weighted by molar-refractivity contribution is 9.10. The van der Waals surface area contributed by atoms with Gasteiger partial charge in [-0.15, -0.1) is 0 Å². The molecule has 0 aliphatic heterocycles. The standard InChI is InChI=1S/C26H21BrN2O3/c1-18-7-13-23(24(27)15-18)25-14-12-22(32-25)16-28-29-26(30)17-31-21-10-8-20(9-11-21)19-5-3-2-4-6-19/h2-16H,17H2,1H3,(H,29,30)/b28-16+. The van der Waals surface area contributed by atoms with Crippen LogP contribution in [0.15, 0.2) is 98.9 Å². The molecule has 3 aromatic carbocycles. The Morgan fingerprint density at radius 2 is 1.75 bits per heavy atom. The number of hydrazone groups is 1. The third kappa shape index (κ3) is 5.53. The lowest BCUT2D eigenvalue weighted by atomic mass is 10.1. The van der Waals surface area contributed by atoms with E-state index in [4.69, 9.17) is 9.15 Å². The number of rotatable bonds is 7. The summed E-state index contributed by atoms with van der Waals surface area (Å²) in [6.45, 7) is 1.89. The summed E-state index contributed by atoms with van der Waals surface area (Å²) in [6, 6.07) is 27.4. The normalized spacial score (nSPS) is 10.9. The summed E-state index contributed by atoms with van der Waals surface area (Å²) in [5.74, 6) is 1.50. The molecule has 0 radical (unpaired) electrons. The maximum atomic E-state index is 12.0. The molecule has 1 heterocycles. The van der Waals surface area contributed by atoms with Crippen LogP contribution in [0.25, 0.3) is 22.5 Å². The van der Waals surface area contributed by atoms with Crippen LogP contribution in [0.4, 0.5) is 0 Å². The van der Waals surface area contributed by atoms with Gasteiger partial charge in [-0.25, -0.2) is 5.43 Å². The van der Waals surface area contributed by atoms with E-state index in [1.807, 2.05) is 85.8 Å². The Bertz CT molecular complexity index is 1230. The molecule has 160 valence electrons. The van der Waals surface area contributed by atoms with E-state index in [-0.39, 0.29) is 12.5 Å². The van der Waals surface area contributed by atoms with Crippen molar-refractivity contribution in [1.29, 1.82) is 0 Å². The lowest BCUT2D eigenvalue weighted by Gasteiger charge is -2.06. The summed E-state index contributed by atoms with van der Waals surface area (Å²) >= 11 is 3.55. The van der Waals surface area contributed by atoms with Crippen LogP contribution in [-0.2, 0) is 4.79 Å². The van der Waals surface area contributed by atoms with Gasteiger partial charge in [-0.05, 0) is 60.0 Å². The van der Waals surface area contributed by atoms with E-state index in [2.05, 4.69) is 26.5 Å². The van der Waals surface area contributed by atoms with Gasteiger partial charge in [0, 0.05) is 10.0 Å². The van der Waals surface area contributed by atoms with E-state index in [0.29, 0.717) is 17.3 Å². The van der Waals surface area contributed by atoms with Crippen LogP contribution in [0.5, 0.6) is 5.75 Å². The Morgan fingerprint density at radius 1 is 1.00 bits per heavy atom. The number of benzene rings is 3. The van der Waals surface area contributed by atoms with Crippen molar-refractivity contribution >= 4 is 28.1 Å². The summed E-state index contributed by atoms with van der Waals surface area (Å²) in [7, 11) is 0. The van der Waals surface area contributed by atoms with E-state index >= 15 is 0 Å². The molecule has 4 aromatic rings. The number of halogens is 1. The third-order valence-electron chi connectivity index (χ3n) is 4.73. The van der Waals surface area contributed by atoms with Crippen molar-refractivity contribution in [2.45, 2.75) is 6.92 Å². The topological polar surface area (TPSA) is 63.8 Å². The molecule has 1 aromatic heterocycles. The molecule has 0 spiro atoms. The van der Waals surface area contributed by atoms with E-state index in [0.717, 1.165) is 26.7 Å². The zero-order valence-electron chi connectivity index (χ0n) is 17.4. The predicted octanol–water partition coefficient (Wildman–Crippen LogP) is 6.21. The highest BCUT2D eigenvalue weighted by atomic mass is 79.9. The minimum absolute atomic E-state index is 0.137.